The topological polar surface area (TPSA) is 95.1 Å². The molecule has 92 valence electrons. The number of hydrogen-bond acceptors (Lipinski definition) is 4. The molecule has 3 N–H and O–H groups in total. The molecule has 2 rings (SSSR count). The Hall–Kier alpha value is -1.50. The summed E-state index contributed by atoms with van der Waals surface area (Å²) in [7, 11) is 0. The Labute approximate surface area is 102 Å². The highest BCUT2D eigenvalue weighted by atomic mass is 32.2. The number of nitrogens with zero attached hydrogens (tertiary/aromatic N) is 1. The summed E-state index contributed by atoms with van der Waals surface area (Å²) in [5.74, 6) is 0.460. The van der Waals surface area contributed by atoms with Crippen molar-refractivity contribution in [1.29, 1.82) is 0 Å². The van der Waals surface area contributed by atoms with Crippen molar-refractivity contribution in [2.75, 3.05) is 11.5 Å². The number of rotatable bonds is 3. The van der Waals surface area contributed by atoms with Crippen molar-refractivity contribution in [1.82, 2.24) is 15.3 Å². The fourth-order valence-electron chi connectivity index (χ4n) is 1.73. The summed E-state index contributed by atoms with van der Waals surface area (Å²) in [6.45, 7) is 0. The zero-order chi connectivity index (χ0) is 12.3. The Morgan fingerprint density at radius 1 is 1.47 bits per heavy atom. The van der Waals surface area contributed by atoms with Crippen LogP contribution in [0.4, 0.5) is 0 Å². The molecule has 1 amide bonds. The molecule has 6 nitrogen and oxygen atoms in total. The van der Waals surface area contributed by atoms with Gasteiger partial charge in [-0.3, -0.25) is 4.79 Å². The Bertz CT molecular complexity index is 426. The van der Waals surface area contributed by atoms with Crippen LogP contribution in [0, 0.1) is 0 Å². The van der Waals surface area contributed by atoms with Gasteiger partial charge in [-0.25, -0.2) is 9.78 Å². The summed E-state index contributed by atoms with van der Waals surface area (Å²) in [6.07, 6.45) is 3.06. The first-order chi connectivity index (χ1) is 8.18. The van der Waals surface area contributed by atoms with Gasteiger partial charge in [-0.2, -0.15) is 11.8 Å². The minimum absolute atomic E-state index is 0.0456. The number of H-pyrrole nitrogens is 1. The highest BCUT2D eigenvalue weighted by Gasteiger charge is 2.23. The number of aromatic amines is 1. The van der Waals surface area contributed by atoms with Gasteiger partial charge in [0.15, 0.2) is 11.4 Å². The van der Waals surface area contributed by atoms with Gasteiger partial charge in [0.2, 0.25) is 0 Å². The standard InChI is InChI=1S/C10H13N3O3S/c14-9(13-6-1-3-17-4-2-6)7-8(10(15)16)12-5-11-7/h5-6H,1-4H2,(H,11,12)(H,13,14)(H,15,16). The maximum Gasteiger partial charge on any atom is 0.354 e. The number of carbonyl (C=O) groups is 2. The van der Waals surface area contributed by atoms with Crippen molar-refractivity contribution in [2.24, 2.45) is 0 Å². The second-order valence-corrected chi connectivity index (χ2v) is 5.02. The van der Waals surface area contributed by atoms with Gasteiger partial charge in [-0.05, 0) is 24.3 Å². The third kappa shape index (κ3) is 2.79. The first-order valence-electron chi connectivity index (χ1n) is 5.33. The molecule has 0 unspecified atom stereocenters. The highest BCUT2D eigenvalue weighted by Crippen LogP contribution is 2.17. The monoisotopic (exact) mass is 255 g/mol. The molecule has 1 saturated heterocycles. The Morgan fingerprint density at radius 3 is 2.82 bits per heavy atom. The number of aromatic nitrogens is 2. The van der Waals surface area contributed by atoms with Crippen molar-refractivity contribution in [3.63, 3.8) is 0 Å². The van der Waals surface area contributed by atoms with E-state index in [0.717, 1.165) is 24.3 Å². The lowest BCUT2D eigenvalue weighted by molar-refractivity contribution is 0.0684. The summed E-state index contributed by atoms with van der Waals surface area (Å²) in [4.78, 5) is 28.9. The molecule has 0 spiro atoms. The van der Waals surface area contributed by atoms with E-state index < -0.39 is 11.9 Å². The van der Waals surface area contributed by atoms with E-state index in [9.17, 15) is 9.59 Å². The van der Waals surface area contributed by atoms with E-state index in [0.29, 0.717) is 0 Å². The average Bonchev–Trinajstić information content (AvgIpc) is 2.79. The quantitative estimate of drug-likeness (QED) is 0.740. The van der Waals surface area contributed by atoms with Crippen LogP contribution in [-0.4, -0.2) is 44.5 Å². The molecule has 0 aliphatic carbocycles. The van der Waals surface area contributed by atoms with E-state index in [1.54, 1.807) is 0 Å². The molecular formula is C10H13N3O3S. The molecule has 17 heavy (non-hydrogen) atoms. The first kappa shape index (κ1) is 12.0. The number of imidazole rings is 1. The second kappa shape index (κ2) is 5.22. The molecule has 7 heteroatoms. The van der Waals surface area contributed by atoms with Crippen LogP contribution in [-0.2, 0) is 0 Å². The first-order valence-corrected chi connectivity index (χ1v) is 6.49. The van der Waals surface area contributed by atoms with E-state index in [1.807, 2.05) is 11.8 Å². The molecule has 1 fully saturated rings. The molecule has 0 radical (unpaired) electrons. The van der Waals surface area contributed by atoms with E-state index >= 15 is 0 Å². The van der Waals surface area contributed by atoms with Gasteiger partial charge in [-0.15, -0.1) is 0 Å². The van der Waals surface area contributed by atoms with Crippen LogP contribution < -0.4 is 5.32 Å². The molecule has 0 aromatic carbocycles. The lowest BCUT2D eigenvalue weighted by Crippen LogP contribution is -2.38. The number of carboxylic acid groups (broad SMARTS) is 1. The van der Waals surface area contributed by atoms with E-state index in [1.165, 1.54) is 6.33 Å². The van der Waals surface area contributed by atoms with Gasteiger partial charge in [0.05, 0.1) is 6.33 Å². The van der Waals surface area contributed by atoms with Crippen LogP contribution in [0.2, 0.25) is 0 Å². The molecular weight excluding hydrogens is 242 g/mol. The smallest absolute Gasteiger partial charge is 0.354 e. The van der Waals surface area contributed by atoms with E-state index in [2.05, 4.69) is 15.3 Å². The number of aromatic carboxylic acids is 1. The van der Waals surface area contributed by atoms with Crippen molar-refractivity contribution in [3.8, 4) is 0 Å². The molecule has 0 saturated carbocycles. The van der Waals surface area contributed by atoms with Gasteiger partial charge < -0.3 is 15.4 Å². The van der Waals surface area contributed by atoms with Crippen molar-refractivity contribution < 1.29 is 14.7 Å². The van der Waals surface area contributed by atoms with Gasteiger partial charge in [0.1, 0.15) is 0 Å². The number of amides is 1. The summed E-state index contributed by atoms with van der Waals surface area (Å²) in [5, 5.41) is 11.7. The SMILES string of the molecule is O=C(NC1CCSCC1)c1nc[nH]c1C(=O)O. The zero-order valence-corrected chi connectivity index (χ0v) is 9.92. The Kier molecular flexibility index (Phi) is 3.68. The highest BCUT2D eigenvalue weighted by molar-refractivity contribution is 7.99. The molecule has 1 aromatic heterocycles. The summed E-state index contributed by atoms with van der Waals surface area (Å²) in [6, 6.07) is 0.127. The molecule has 1 aliphatic heterocycles. The van der Waals surface area contributed by atoms with Crippen LogP contribution in [0.5, 0.6) is 0 Å². The van der Waals surface area contributed by atoms with E-state index in [4.69, 9.17) is 5.11 Å². The fourth-order valence-corrected chi connectivity index (χ4v) is 2.83. The fraction of sp³-hybridized carbons (Fsp3) is 0.500. The average molecular weight is 255 g/mol. The molecule has 0 atom stereocenters. The number of hydrogen-bond donors (Lipinski definition) is 3. The lowest BCUT2D eigenvalue weighted by atomic mass is 10.1. The Morgan fingerprint density at radius 2 is 2.18 bits per heavy atom. The maximum atomic E-state index is 11.8. The van der Waals surface area contributed by atoms with E-state index in [-0.39, 0.29) is 17.4 Å². The second-order valence-electron chi connectivity index (χ2n) is 3.79. The van der Waals surface area contributed by atoms with Crippen LogP contribution in [0.1, 0.15) is 33.8 Å². The van der Waals surface area contributed by atoms with Crippen LogP contribution in [0.25, 0.3) is 0 Å². The lowest BCUT2D eigenvalue weighted by Gasteiger charge is -2.22. The van der Waals surface area contributed by atoms with Gasteiger partial charge in [0.25, 0.3) is 5.91 Å². The van der Waals surface area contributed by atoms with Crippen LogP contribution >= 0.6 is 11.8 Å². The minimum Gasteiger partial charge on any atom is -0.477 e. The summed E-state index contributed by atoms with van der Waals surface area (Å²) in [5.41, 5.74) is -0.205. The van der Waals surface area contributed by atoms with Gasteiger partial charge >= 0.3 is 5.97 Å². The largest absolute Gasteiger partial charge is 0.477 e. The number of carboxylic acids is 1. The van der Waals surface area contributed by atoms with Gasteiger partial charge in [0, 0.05) is 6.04 Å². The third-order valence-corrected chi connectivity index (χ3v) is 3.67. The van der Waals surface area contributed by atoms with Crippen molar-refractivity contribution in [2.45, 2.75) is 18.9 Å². The summed E-state index contributed by atoms with van der Waals surface area (Å²) >= 11 is 1.86. The predicted molar refractivity (Wildman–Crippen MR) is 63.4 cm³/mol. The maximum absolute atomic E-state index is 11.8. The third-order valence-electron chi connectivity index (χ3n) is 2.62. The molecule has 0 bridgehead atoms. The Balaban J connectivity index is 2.03. The molecule has 2 heterocycles. The van der Waals surface area contributed by atoms with Crippen molar-refractivity contribution >= 4 is 23.6 Å². The predicted octanol–water partition coefficient (Wildman–Crippen LogP) is 0.733. The number of nitrogens with one attached hydrogen (secondary N) is 2. The van der Waals surface area contributed by atoms with Crippen molar-refractivity contribution in [3.05, 3.63) is 17.7 Å². The van der Waals surface area contributed by atoms with Gasteiger partial charge in [-0.1, -0.05) is 0 Å². The number of thioether (sulfide) groups is 1. The number of carbonyl (C=O) groups excluding carboxylic acids is 1. The molecule has 1 aromatic rings. The minimum atomic E-state index is -1.17. The normalized spacial score (nSPS) is 16.7. The zero-order valence-electron chi connectivity index (χ0n) is 9.10. The van der Waals surface area contributed by atoms with Crippen LogP contribution in [0.3, 0.4) is 0 Å². The summed E-state index contributed by atoms with van der Waals surface area (Å²) < 4.78 is 0. The van der Waals surface area contributed by atoms with Crippen LogP contribution in [0.15, 0.2) is 6.33 Å². The molecule has 1 aliphatic rings.